The standard InChI is InChI=1S/C20H25N5O2/c26-19(23-17-3-4-17)18-9-15(13-25(18)12-14-1-2-14)16-10-21-20(22-11-16)24-5-7-27-8-6-24/h9-11,13-14,17H,1-8,12H2,(H,23,26). The van der Waals surface area contributed by atoms with Crippen molar-refractivity contribution in [2.75, 3.05) is 31.2 Å². The van der Waals surface area contributed by atoms with Crippen molar-refractivity contribution in [1.29, 1.82) is 0 Å². The number of hydrogen-bond acceptors (Lipinski definition) is 5. The van der Waals surface area contributed by atoms with Crippen LogP contribution in [-0.4, -0.2) is 52.8 Å². The Balaban J connectivity index is 1.38. The van der Waals surface area contributed by atoms with Crippen molar-refractivity contribution < 1.29 is 9.53 Å². The van der Waals surface area contributed by atoms with Crippen LogP contribution in [0.25, 0.3) is 11.1 Å². The number of ether oxygens (including phenoxy) is 1. The van der Waals surface area contributed by atoms with Gasteiger partial charge in [-0.2, -0.15) is 0 Å². The van der Waals surface area contributed by atoms with Gasteiger partial charge in [-0.25, -0.2) is 9.97 Å². The van der Waals surface area contributed by atoms with Crippen molar-refractivity contribution in [3.63, 3.8) is 0 Å². The topological polar surface area (TPSA) is 72.3 Å². The zero-order valence-electron chi connectivity index (χ0n) is 15.4. The largest absolute Gasteiger partial charge is 0.378 e. The minimum absolute atomic E-state index is 0.0373. The molecule has 7 nitrogen and oxygen atoms in total. The maximum absolute atomic E-state index is 12.6. The van der Waals surface area contributed by atoms with Crippen LogP contribution in [0.1, 0.15) is 36.2 Å². The van der Waals surface area contributed by atoms with Crippen LogP contribution in [0.2, 0.25) is 0 Å². The van der Waals surface area contributed by atoms with Crippen LogP contribution in [0.3, 0.4) is 0 Å². The number of carbonyl (C=O) groups excluding carboxylic acids is 1. The Morgan fingerprint density at radius 1 is 1.11 bits per heavy atom. The predicted molar refractivity (Wildman–Crippen MR) is 102 cm³/mol. The second-order valence-electron chi connectivity index (χ2n) is 7.83. The van der Waals surface area contributed by atoms with Crippen LogP contribution in [0.4, 0.5) is 5.95 Å². The van der Waals surface area contributed by atoms with Crippen molar-refractivity contribution in [2.24, 2.45) is 5.92 Å². The Kier molecular flexibility index (Phi) is 4.32. The molecule has 3 aliphatic rings. The molecule has 2 saturated carbocycles. The van der Waals surface area contributed by atoms with Crippen LogP contribution < -0.4 is 10.2 Å². The Hall–Kier alpha value is -2.41. The van der Waals surface area contributed by atoms with Gasteiger partial charge in [-0.3, -0.25) is 4.79 Å². The fraction of sp³-hybridized carbons (Fsp3) is 0.550. The van der Waals surface area contributed by atoms with Gasteiger partial charge in [0.05, 0.1) is 13.2 Å². The molecule has 1 aliphatic heterocycles. The molecule has 1 saturated heterocycles. The zero-order chi connectivity index (χ0) is 18.2. The van der Waals surface area contributed by atoms with E-state index in [0.717, 1.165) is 55.2 Å². The first kappa shape index (κ1) is 16.7. The Bertz CT molecular complexity index is 817. The second-order valence-corrected chi connectivity index (χ2v) is 7.83. The smallest absolute Gasteiger partial charge is 0.268 e. The Labute approximate surface area is 158 Å². The molecule has 0 unspecified atom stereocenters. The molecule has 2 aliphatic carbocycles. The summed E-state index contributed by atoms with van der Waals surface area (Å²) in [6.45, 7) is 3.99. The maximum atomic E-state index is 12.6. The lowest BCUT2D eigenvalue weighted by Gasteiger charge is -2.26. The number of hydrogen-bond donors (Lipinski definition) is 1. The molecule has 1 N–H and O–H groups in total. The van der Waals surface area contributed by atoms with Gasteiger partial charge in [0.15, 0.2) is 0 Å². The monoisotopic (exact) mass is 367 g/mol. The van der Waals surface area contributed by atoms with Gasteiger partial charge < -0.3 is 19.5 Å². The molecular formula is C20H25N5O2. The van der Waals surface area contributed by atoms with Gasteiger partial charge in [0.1, 0.15) is 5.69 Å². The molecule has 1 amide bonds. The maximum Gasteiger partial charge on any atom is 0.268 e. The van der Waals surface area contributed by atoms with E-state index in [1.54, 1.807) is 0 Å². The fourth-order valence-corrected chi connectivity index (χ4v) is 3.47. The van der Waals surface area contributed by atoms with Crippen LogP contribution >= 0.6 is 0 Å². The van der Waals surface area contributed by atoms with E-state index in [1.165, 1.54) is 12.8 Å². The molecule has 142 valence electrons. The molecule has 0 spiro atoms. The first-order chi connectivity index (χ1) is 13.3. The predicted octanol–water partition coefficient (Wildman–Crippen LogP) is 2.08. The minimum Gasteiger partial charge on any atom is -0.378 e. The average molecular weight is 367 g/mol. The Morgan fingerprint density at radius 3 is 2.52 bits per heavy atom. The van der Waals surface area contributed by atoms with Gasteiger partial charge in [-0.1, -0.05) is 0 Å². The van der Waals surface area contributed by atoms with E-state index in [2.05, 4.69) is 30.9 Å². The summed E-state index contributed by atoms with van der Waals surface area (Å²) in [5, 5.41) is 3.11. The third kappa shape index (κ3) is 3.83. The van der Waals surface area contributed by atoms with E-state index in [0.29, 0.717) is 25.2 Å². The average Bonchev–Trinajstić information content (AvgIpc) is 3.63. The molecule has 0 radical (unpaired) electrons. The van der Waals surface area contributed by atoms with Crippen molar-refractivity contribution in [2.45, 2.75) is 38.3 Å². The van der Waals surface area contributed by atoms with Crippen molar-refractivity contribution in [3.8, 4) is 11.1 Å². The summed E-state index contributed by atoms with van der Waals surface area (Å²) in [6.07, 6.45) is 10.5. The van der Waals surface area contributed by atoms with Gasteiger partial charge in [0.2, 0.25) is 5.95 Å². The number of aromatic nitrogens is 3. The number of amides is 1. The van der Waals surface area contributed by atoms with Crippen LogP contribution in [0.5, 0.6) is 0 Å². The van der Waals surface area contributed by atoms with Crippen molar-refractivity contribution >= 4 is 11.9 Å². The number of rotatable bonds is 6. The molecule has 3 fully saturated rings. The van der Waals surface area contributed by atoms with Crippen LogP contribution in [0, 0.1) is 5.92 Å². The third-order valence-corrected chi connectivity index (χ3v) is 5.46. The molecular weight excluding hydrogens is 342 g/mol. The number of anilines is 1. The molecule has 5 rings (SSSR count). The SMILES string of the molecule is O=C(NC1CC1)c1cc(-c2cnc(N3CCOCC3)nc2)cn1CC1CC1. The van der Waals surface area contributed by atoms with E-state index in [1.807, 2.05) is 18.5 Å². The van der Waals surface area contributed by atoms with Crippen LogP contribution in [0.15, 0.2) is 24.7 Å². The minimum atomic E-state index is 0.0373. The quantitative estimate of drug-likeness (QED) is 0.846. The van der Waals surface area contributed by atoms with Gasteiger partial charge >= 0.3 is 0 Å². The van der Waals surface area contributed by atoms with Crippen molar-refractivity contribution in [1.82, 2.24) is 19.9 Å². The van der Waals surface area contributed by atoms with E-state index in [-0.39, 0.29) is 5.91 Å². The second kappa shape index (κ2) is 6.96. The number of morpholine rings is 1. The summed E-state index contributed by atoms with van der Waals surface area (Å²) in [5.74, 6) is 1.49. The van der Waals surface area contributed by atoms with Gasteiger partial charge in [-0.15, -0.1) is 0 Å². The summed E-state index contributed by atoms with van der Waals surface area (Å²) in [5.41, 5.74) is 2.70. The molecule has 27 heavy (non-hydrogen) atoms. The summed E-state index contributed by atoms with van der Waals surface area (Å²) < 4.78 is 7.49. The summed E-state index contributed by atoms with van der Waals surface area (Å²) in [7, 11) is 0. The first-order valence-electron chi connectivity index (χ1n) is 9.92. The molecule has 2 aromatic heterocycles. The fourth-order valence-electron chi connectivity index (χ4n) is 3.47. The highest BCUT2D eigenvalue weighted by molar-refractivity contribution is 5.94. The summed E-state index contributed by atoms with van der Waals surface area (Å²) >= 11 is 0. The van der Waals surface area contributed by atoms with Crippen LogP contribution in [-0.2, 0) is 11.3 Å². The molecule has 0 atom stereocenters. The summed E-state index contributed by atoms with van der Waals surface area (Å²) in [4.78, 5) is 23.9. The number of carbonyl (C=O) groups is 1. The van der Waals surface area contributed by atoms with E-state index >= 15 is 0 Å². The summed E-state index contributed by atoms with van der Waals surface area (Å²) in [6, 6.07) is 2.34. The zero-order valence-corrected chi connectivity index (χ0v) is 15.4. The Morgan fingerprint density at radius 2 is 1.85 bits per heavy atom. The van der Waals surface area contributed by atoms with Gasteiger partial charge in [0, 0.05) is 55.4 Å². The molecule has 7 heteroatoms. The van der Waals surface area contributed by atoms with Gasteiger partial charge in [0.25, 0.3) is 5.91 Å². The van der Waals surface area contributed by atoms with Gasteiger partial charge in [-0.05, 0) is 37.7 Å². The molecule has 2 aromatic rings. The number of nitrogens with zero attached hydrogens (tertiary/aromatic N) is 4. The lowest BCUT2D eigenvalue weighted by molar-refractivity contribution is 0.0941. The molecule has 0 bridgehead atoms. The number of nitrogens with one attached hydrogen (secondary N) is 1. The molecule has 0 aromatic carbocycles. The van der Waals surface area contributed by atoms with E-state index < -0.39 is 0 Å². The van der Waals surface area contributed by atoms with E-state index in [4.69, 9.17) is 4.74 Å². The van der Waals surface area contributed by atoms with Crippen molar-refractivity contribution in [3.05, 3.63) is 30.4 Å². The lowest BCUT2D eigenvalue weighted by Crippen LogP contribution is -2.37. The normalized spacial score (nSPS) is 19.9. The highest BCUT2D eigenvalue weighted by atomic mass is 16.5. The highest BCUT2D eigenvalue weighted by Crippen LogP contribution is 2.33. The van der Waals surface area contributed by atoms with E-state index in [9.17, 15) is 4.79 Å². The third-order valence-electron chi connectivity index (χ3n) is 5.46. The highest BCUT2D eigenvalue weighted by Gasteiger charge is 2.28. The molecule has 3 heterocycles. The first-order valence-corrected chi connectivity index (χ1v) is 9.92. The lowest BCUT2D eigenvalue weighted by atomic mass is 10.2.